The average Bonchev–Trinajstić information content (AvgIpc) is 2.61. The van der Waals surface area contributed by atoms with Gasteiger partial charge in [-0.15, -0.1) is 0 Å². The lowest BCUT2D eigenvalue weighted by molar-refractivity contribution is -0.139. The number of aliphatic carboxylic acids is 1. The molecule has 140 valence electrons. The van der Waals surface area contributed by atoms with Crippen LogP contribution in [0, 0.1) is 11.2 Å². The fourth-order valence-electron chi connectivity index (χ4n) is 2.93. The smallest absolute Gasteiger partial charge is 0.307 e. The first-order valence-electron chi connectivity index (χ1n) is 8.30. The maximum atomic E-state index is 14.1. The van der Waals surface area contributed by atoms with E-state index in [0.717, 1.165) is 11.6 Å². The number of carboxylic acids is 1. The van der Waals surface area contributed by atoms with Crippen molar-refractivity contribution in [3.8, 4) is 5.75 Å². The van der Waals surface area contributed by atoms with Gasteiger partial charge >= 0.3 is 5.97 Å². The molecule has 27 heavy (non-hydrogen) atoms. The molecule has 0 saturated carbocycles. The zero-order valence-corrected chi connectivity index (χ0v) is 14.3. The number of carbonyl (C=O) groups is 2. The number of fused-ring (bicyclic) bond motifs is 1. The number of nitrogens with one attached hydrogen (secondary N) is 2. The summed E-state index contributed by atoms with van der Waals surface area (Å²) in [5, 5.41) is 18.8. The Balaban J connectivity index is 1.73. The molecule has 3 rings (SSSR count). The number of hydrogen-bond acceptors (Lipinski definition) is 4. The van der Waals surface area contributed by atoms with Gasteiger partial charge in [-0.3, -0.25) is 15.0 Å². The Morgan fingerprint density at radius 3 is 2.74 bits per heavy atom. The highest BCUT2D eigenvalue weighted by Crippen LogP contribution is 2.31. The third kappa shape index (κ3) is 4.22. The SMILES string of the molecule is N=C(N)c1ccc(C(=O)Nc2ccc3c(c2)CC[C@@H](CC(=O)O)O3)c(F)c1. The Labute approximate surface area is 154 Å². The van der Waals surface area contributed by atoms with Crippen LogP contribution in [0.1, 0.15) is 34.3 Å². The van der Waals surface area contributed by atoms with Crippen molar-refractivity contribution in [3.63, 3.8) is 0 Å². The molecule has 1 atom stereocenters. The number of amides is 1. The van der Waals surface area contributed by atoms with E-state index >= 15 is 0 Å². The van der Waals surface area contributed by atoms with Crippen molar-refractivity contribution >= 4 is 23.4 Å². The van der Waals surface area contributed by atoms with Gasteiger partial charge in [-0.05, 0) is 48.7 Å². The number of halogens is 1. The third-order valence-electron chi connectivity index (χ3n) is 4.27. The van der Waals surface area contributed by atoms with Crippen LogP contribution in [0.2, 0.25) is 0 Å². The normalized spacial score (nSPS) is 15.4. The van der Waals surface area contributed by atoms with Gasteiger partial charge in [0.05, 0.1) is 12.0 Å². The maximum Gasteiger partial charge on any atom is 0.307 e. The summed E-state index contributed by atoms with van der Waals surface area (Å²) >= 11 is 0. The van der Waals surface area contributed by atoms with E-state index in [2.05, 4.69) is 5.32 Å². The predicted octanol–water partition coefficient (Wildman–Crippen LogP) is 2.53. The molecular weight excluding hydrogens is 353 g/mol. The highest BCUT2D eigenvalue weighted by molar-refractivity contribution is 6.05. The number of hydrogen-bond donors (Lipinski definition) is 4. The number of ether oxygens (including phenoxy) is 1. The van der Waals surface area contributed by atoms with Gasteiger partial charge in [-0.1, -0.05) is 6.07 Å². The van der Waals surface area contributed by atoms with Crippen molar-refractivity contribution in [3.05, 3.63) is 58.9 Å². The van der Waals surface area contributed by atoms with Crippen LogP contribution in [-0.4, -0.2) is 28.9 Å². The summed E-state index contributed by atoms with van der Waals surface area (Å²) in [6.07, 6.45) is 0.758. The van der Waals surface area contributed by atoms with Crippen LogP contribution in [0.5, 0.6) is 5.75 Å². The summed E-state index contributed by atoms with van der Waals surface area (Å²) in [5.74, 6) is -1.99. The quantitative estimate of drug-likeness (QED) is 0.475. The van der Waals surface area contributed by atoms with Crippen LogP contribution in [0.3, 0.4) is 0 Å². The molecule has 1 aliphatic heterocycles. The van der Waals surface area contributed by atoms with Crippen molar-refractivity contribution in [2.75, 3.05) is 5.32 Å². The third-order valence-corrected chi connectivity index (χ3v) is 4.27. The summed E-state index contributed by atoms with van der Waals surface area (Å²) < 4.78 is 19.8. The zero-order valence-electron chi connectivity index (χ0n) is 14.3. The molecule has 1 aliphatic rings. The van der Waals surface area contributed by atoms with E-state index in [0.29, 0.717) is 24.3 Å². The van der Waals surface area contributed by atoms with E-state index in [1.807, 2.05) is 0 Å². The van der Waals surface area contributed by atoms with Gasteiger partial charge in [0, 0.05) is 11.3 Å². The largest absolute Gasteiger partial charge is 0.490 e. The molecule has 0 bridgehead atoms. The van der Waals surface area contributed by atoms with Crippen LogP contribution in [0.25, 0.3) is 0 Å². The molecule has 0 unspecified atom stereocenters. The van der Waals surface area contributed by atoms with Crippen LogP contribution in [0.15, 0.2) is 36.4 Å². The van der Waals surface area contributed by atoms with Gasteiger partial charge in [-0.25, -0.2) is 4.39 Å². The van der Waals surface area contributed by atoms with Crippen LogP contribution in [0.4, 0.5) is 10.1 Å². The van der Waals surface area contributed by atoms with E-state index in [1.54, 1.807) is 18.2 Å². The van der Waals surface area contributed by atoms with Crippen LogP contribution >= 0.6 is 0 Å². The second-order valence-corrected chi connectivity index (χ2v) is 6.26. The molecule has 0 aliphatic carbocycles. The van der Waals surface area contributed by atoms with Crippen molar-refractivity contribution in [1.82, 2.24) is 0 Å². The van der Waals surface area contributed by atoms with Gasteiger partial charge in [0.25, 0.3) is 5.91 Å². The van der Waals surface area contributed by atoms with Gasteiger partial charge in [0.2, 0.25) is 0 Å². The number of nitrogen functional groups attached to an aromatic ring is 1. The topological polar surface area (TPSA) is 126 Å². The Morgan fingerprint density at radius 2 is 2.07 bits per heavy atom. The fraction of sp³-hybridized carbons (Fsp3) is 0.211. The molecule has 1 amide bonds. The number of nitrogens with two attached hydrogens (primary N) is 1. The first-order valence-corrected chi connectivity index (χ1v) is 8.30. The van der Waals surface area contributed by atoms with E-state index in [9.17, 15) is 14.0 Å². The standard InChI is InChI=1S/C19H18FN3O4/c20-15-8-11(18(21)22)2-5-14(15)19(26)23-12-3-6-16-10(7-12)1-4-13(27-16)9-17(24)25/h2-3,5-8,13H,1,4,9H2,(H3,21,22)(H,23,26)(H,24,25)/t13-/m0/s1. The minimum absolute atomic E-state index is 0.0620. The van der Waals surface area contributed by atoms with Crippen molar-refractivity contribution in [2.45, 2.75) is 25.4 Å². The van der Waals surface area contributed by atoms with Crippen molar-refractivity contribution < 1.29 is 23.8 Å². The van der Waals surface area contributed by atoms with Crippen LogP contribution in [-0.2, 0) is 11.2 Å². The lowest BCUT2D eigenvalue weighted by Gasteiger charge is -2.25. The summed E-state index contributed by atoms with van der Waals surface area (Å²) in [4.78, 5) is 23.1. The molecule has 0 spiro atoms. The van der Waals surface area contributed by atoms with E-state index in [-0.39, 0.29) is 29.5 Å². The number of anilines is 1. The molecule has 2 aromatic carbocycles. The lowest BCUT2D eigenvalue weighted by Crippen LogP contribution is -2.25. The lowest BCUT2D eigenvalue weighted by atomic mass is 10.00. The summed E-state index contributed by atoms with van der Waals surface area (Å²) in [6.45, 7) is 0. The molecule has 0 fully saturated rings. The molecule has 5 N–H and O–H groups in total. The Kier molecular flexibility index (Phi) is 5.07. The first-order chi connectivity index (χ1) is 12.8. The minimum Gasteiger partial charge on any atom is -0.490 e. The number of amidine groups is 1. The first kappa shape index (κ1) is 18.4. The molecule has 0 saturated heterocycles. The number of carboxylic acid groups (broad SMARTS) is 1. The van der Waals surface area contributed by atoms with Gasteiger partial charge in [-0.2, -0.15) is 0 Å². The molecule has 7 nitrogen and oxygen atoms in total. The molecule has 8 heteroatoms. The van der Waals surface area contributed by atoms with E-state index in [1.165, 1.54) is 12.1 Å². The second kappa shape index (κ2) is 7.45. The highest BCUT2D eigenvalue weighted by Gasteiger charge is 2.22. The average molecular weight is 371 g/mol. The molecular formula is C19H18FN3O4. The Hall–Kier alpha value is -3.42. The minimum atomic E-state index is -0.912. The van der Waals surface area contributed by atoms with Crippen molar-refractivity contribution in [2.24, 2.45) is 5.73 Å². The summed E-state index contributed by atoms with van der Waals surface area (Å²) in [6, 6.07) is 8.73. The van der Waals surface area contributed by atoms with E-state index < -0.39 is 17.7 Å². The number of rotatable bonds is 5. The van der Waals surface area contributed by atoms with Gasteiger partial charge in [0.15, 0.2) is 0 Å². The van der Waals surface area contributed by atoms with E-state index in [4.69, 9.17) is 21.0 Å². The zero-order chi connectivity index (χ0) is 19.6. The van der Waals surface area contributed by atoms with Crippen LogP contribution < -0.4 is 15.8 Å². The number of aryl methyl sites for hydroxylation is 1. The van der Waals surface area contributed by atoms with Gasteiger partial charge < -0.3 is 20.9 Å². The van der Waals surface area contributed by atoms with Crippen molar-refractivity contribution in [1.29, 1.82) is 5.41 Å². The maximum absolute atomic E-state index is 14.1. The number of carbonyl (C=O) groups excluding carboxylic acids is 1. The molecule has 0 aromatic heterocycles. The monoisotopic (exact) mass is 371 g/mol. The summed E-state index contributed by atoms with van der Waals surface area (Å²) in [7, 11) is 0. The highest BCUT2D eigenvalue weighted by atomic mass is 19.1. The van der Waals surface area contributed by atoms with Gasteiger partial charge in [0.1, 0.15) is 23.5 Å². The fourth-order valence-corrected chi connectivity index (χ4v) is 2.93. The summed E-state index contributed by atoms with van der Waals surface area (Å²) in [5.41, 5.74) is 6.68. The molecule has 0 radical (unpaired) electrons. The molecule has 1 heterocycles. The number of benzene rings is 2. The Bertz CT molecular complexity index is 929. The Morgan fingerprint density at radius 1 is 1.30 bits per heavy atom. The second-order valence-electron chi connectivity index (χ2n) is 6.26. The predicted molar refractivity (Wildman–Crippen MR) is 96.8 cm³/mol. The molecule has 2 aromatic rings.